The Kier molecular flexibility index (Phi) is 4.36. The van der Waals surface area contributed by atoms with Crippen LogP contribution in [0.2, 0.25) is 0 Å². The number of fused-ring (bicyclic) bond motifs is 2. The van der Waals surface area contributed by atoms with Gasteiger partial charge in [0, 0.05) is 19.0 Å². The van der Waals surface area contributed by atoms with E-state index in [1.165, 1.54) is 28.6 Å². The fraction of sp³-hybridized carbons (Fsp3) is 0.368. The Morgan fingerprint density at radius 1 is 1.12 bits per heavy atom. The minimum Gasteiger partial charge on any atom is -0.490 e. The van der Waals surface area contributed by atoms with Gasteiger partial charge in [0.2, 0.25) is 10.0 Å². The summed E-state index contributed by atoms with van der Waals surface area (Å²) in [5.41, 5.74) is 1.92. The quantitative estimate of drug-likeness (QED) is 0.806. The van der Waals surface area contributed by atoms with Gasteiger partial charge in [-0.15, -0.1) is 0 Å². The Bertz CT molecular complexity index is 945. The molecule has 4 rings (SSSR count). The SMILES string of the molecule is C[C@@H]1c2cc3c(cc2CCN1S(=O)(=O)c1ccccc1F)OCCCO3. The van der Waals surface area contributed by atoms with Crippen LogP contribution in [0.1, 0.15) is 30.5 Å². The monoisotopic (exact) mass is 377 g/mol. The highest BCUT2D eigenvalue weighted by Gasteiger charge is 2.36. The molecule has 0 bridgehead atoms. The minimum absolute atomic E-state index is 0.287. The van der Waals surface area contributed by atoms with Crippen LogP contribution in [0.15, 0.2) is 41.3 Å². The number of hydrogen-bond acceptors (Lipinski definition) is 4. The lowest BCUT2D eigenvalue weighted by Crippen LogP contribution is -2.39. The van der Waals surface area contributed by atoms with E-state index >= 15 is 0 Å². The van der Waals surface area contributed by atoms with Gasteiger partial charge in [-0.25, -0.2) is 12.8 Å². The van der Waals surface area contributed by atoms with Crippen molar-refractivity contribution in [2.45, 2.75) is 30.7 Å². The Hall–Kier alpha value is -2.12. The number of benzene rings is 2. The highest BCUT2D eigenvalue weighted by atomic mass is 32.2. The molecule has 0 unspecified atom stereocenters. The van der Waals surface area contributed by atoms with Crippen molar-refractivity contribution in [3.05, 3.63) is 53.3 Å². The first-order chi connectivity index (χ1) is 12.5. The summed E-state index contributed by atoms with van der Waals surface area (Å²) >= 11 is 0. The molecule has 0 spiro atoms. The van der Waals surface area contributed by atoms with E-state index in [9.17, 15) is 12.8 Å². The smallest absolute Gasteiger partial charge is 0.246 e. The molecule has 0 N–H and O–H groups in total. The van der Waals surface area contributed by atoms with Crippen LogP contribution < -0.4 is 9.47 Å². The number of nitrogens with zero attached hydrogens (tertiary/aromatic N) is 1. The average molecular weight is 377 g/mol. The van der Waals surface area contributed by atoms with E-state index in [0.717, 1.165) is 17.5 Å². The van der Waals surface area contributed by atoms with E-state index in [1.54, 1.807) is 0 Å². The van der Waals surface area contributed by atoms with E-state index in [2.05, 4.69) is 0 Å². The van der Waals surface area contributed by atoms with Crippen LogP contribution in [-0.2, 0) is 16.4 Å². The fourth-order valence-electron chi connectivity index (χ4n) is 3.56. The van der Waals surface area contributed by atoms with Gasteiger partial charge < -0.3 is 9.47 Å². The summed E-state index contributed by atoms with van der Waals surface area (Å²) in [5.74, 6) is 0.612. The maximum absolute atomic E-state index is 14.1. The second-order valence-corrected chi connectivity index (χ2v) is 8.38. The summed E-state index contributed by atoms with van der Waals surface area (Å²) < 4.78 is 52.9. The van der Waals surface area contributed by atoms with E-state index in [0.29, 0.717) is 37.7 Å². The highest BCUT2D eigenvalue weighted by Crippen LogP contribution is 2.40. The van der Waals surface area contributed by atoms with Gasteiger partial charge in [0.1, 0.15) is 10.7 Å². The van der Waals surface area contributed by atoms with Crippen molar-refractivity contribution in [2.75, 3.05) is 19.8 Å². The molecule has 0 saturated carbocycles. The molecule has 2 aromatic rings. The molecular weight excluding hydrogens is 357 g/mol. The summed E-state index contributed by atoms with van der Waals surface area (Å²) in [6, 6.07) is 8.88. The maximum atomic E-state index is 14.1. The van der Waals surface area contributed by atoms with Gasteiger partial charge in [0.05, 0.1) is 13.2 Å². The van der Waals surface area contributed by atoms with E-state index in [4.69, 9.17) is 9.47 Å². The third-order valence-electron chi connectivity index (χ3n) is 4.92. The summed E-state index contributed by atoms with van der Waals surface area (Å²) in [6.45, 7) is 3.29. The molecule has 2 aromatic carbocycles. The Morgan fingerprint density at radius 3 is 2.54 bits per heavy atom. The summed E-state index contributed by atoms with van der Waals surface area (Å²) in [7, 11) is -3.93. The molecule has 5 nitrogen and oxygen atoms in total. The lowest BCUT2D eigenvalue weighted by molar-refractivity contribution is 0.296. The predicted molar refractivity (Wildman–Crippen MR) is 94.5 cm³/mol. The Morgan fingerprint density at radius 2 is 1.81 bits per heavy atom. The van der Waals surface area contributed by atoms with Crippen LogP contribution >= 0.6 is 0 Å². The van der Waals surface area contributed by atoms with Crippen molar-refractivity contribution in [3.8, 4) is 11.5 Å². The topological polar surface area (TPSA) is 55.8 Å². The highest BCUT2D eigenvalue weighted by molar-refractivity contribution is 7.89. The van der Waals surface area contributed by atoms with Crippen LogP contribution in [0.25, 0.3) is 0 Å². The zero-order valence-corrected chi connectivity index (χ0v) is 15.3. The molecule has 0 aromatic heterocycles. The predicted octanol–water partition coefficient (Wildman–Crippen LogP) is 3.30. The molecule has 138 valence electrons. The molecule has 0 saturated heterocycles. The van der Waals surface area contributed by atoms with Crippen molar-refractivity contribution in [2.24, 2.45) is 0 Å². The molecule has 7 heteroatoms. The molecular formula is C19H20FNO4S. The normalized spacial score (nSPS) is 20.3. The number of hydrogen-bond donors (Lipinski definition) is 0. The third kappa shape index (κ3) is 2.85. The number of rotatable bonds is 2. The van der Waals surface area contributed by atoms with Crippen molar-refractivity contribution < 1.29 is 22.3 Å². The average Bonchev–Trinajstić information content (AvgIpc) is 2.85. The molecule has 2 aliphatic rings. The summed E-state index contributed by atoms with van der Waals surface area (Å²) in [4.78, 5) is -0.287. The van der Waals surface area contributed by atoms with E-state index in [1.807, 2.05) is 19.1 Å². The summed E-state index contributed by atoms with van der Waals surface area (Å²) in [6.07, 6.45) is 1.35. The molecule has 0 amide bonds. The zero-order chi connectivity index (χ0) is 18.3. The second-order valence-electron chi connectivity index (χ2n) is 6.52. The van der Waals surface area contributed by atoms with E-state index < -0.39 is 21.9 Å². The molecule has 0 aliphatic carbocycles. The largest absolute Gasteiger partial charge is 0.490 e. The zero-order valence-electron chi connectivity index (χ0n) is 14.4. The van der Waals surface area contributed by atoms with Crippen molar-refractivity contribution in [3.63, 3.8) is 0 Å². The Labute approximate surface area is 152 Å². The summed E-state index contributed by atoms with van der Waals surface area (Å²) in [5, 5.41) is 0. The van der Waals surface area contributed by atoms with Gasteiger partial charge in [-0.3, -0.25) is 0 Å². The molecule has 0 radical (unpaired) electrons. The third-order valence-corrected chi connectivity index (χ3v) is 6.92. The van der Waals surface area contributed by atoms with Crippen LogP contribution in [-0.4, -0.2) is 32.5 Å². The van der Waals surface area contributed by atoms with Gasteiger partial charge in [0.25, 0.3) is 0 Å². The molecule has 0 fully saturated rings. The van der Waals surface area contributed by atoms with Gasteiger partial charge in [-0.1, -0.05) is 12.1 Å². The molecule has 26 heavy (non-hydrogen) atoms. The molecule has 1 atom stereocenters. The standard InChI is InChI=1S/C19H20FNO4S/c1-13-15-12-18-17(24-9-4-10-25-18)11-14(15)7-8-21(13)26(22,23)19-6-3-2-5-16(19)20/h2-3,5-6,11-13H,4,7-10H2,1H3/t13-/m1/s1. The van der Waals surface area contributed by atoms with Gasteiger partial charge >= 0.3 is 0 Å². The number of ether oxygens (including phenoxy) is 2. The second kappa shape index (κ2) is 6.55. The van der Waals surface area contributed by atoms with Crippen LogP contribution in [0.3, 0.4) is 0 Å². The first kappa shape index (κ1) is 17.3. The lowest BCUT2D eigenvalue weighted by Gasteiger charge is -2.34. The van der Waals surface area contributed by atoms with Gasteiger partial charge in [-0.2, -0.15) is 4.31 Å². The maximum Gasteiger partial charge on any atom is 0.246 e. The van der Waals surface area contributed by atoms with Crippen LogP contribution in [0.5, 0.6) is 11.5 Å². The van der Waals surface area contributed by atoms with E-state index in [-0.39, 0.29) is 4.90 Å². The van der Waals surface area contributed by atoms with Crippen molar-refractivity contribution in [1.29, 1.82) is 0 Å². The lowest BCUT2D eigenvalue weighted by atomic mass is 9.94. The minimum atomic E-state index is -3.93. The van der Waals surface area contributed by atoms with Crippen LogP contribution in [0.4, 0.5) is 4.39 Å². The van der Waals surface area contributed by atoms with Crippen molar-refractivity contribution >= 4 is 10.0 Å². The number of sulfonamides is 1. The van der Waals surface area contributed by atoms with Gasteiger partial charge in [0.15, 0.2) is 11.5 Å². The fourth-order valence-corrected chi connectivity index (χ4v) is 5.24. The van der Waals surface area contributed by atoms with Crippen LogP contribution in [0, 0.1) is 5.82 Å². The number of halogens is 1. The first-order valence-corrected chi connectivity index (χ1v) is 10.1. The Balaban J connectivity index is 1.73. The van der Waals surface area contributed by atoms with Crippen molar-refractivity contribution in [1.82, 2.24) is 4.31 Å². The first-order valence-electron chi connectivity index (χ1n) is 8.67. The molecule has 2 heterocycles. The molecule has 2 aliphatic heterocycles. The van der Waals surface area contributed by atoms with Gasteiger partial charge in [-0.05, 0) is 48.7 Å².